The van der Waals surface area contributed by atoms with Crippen LogP contribution in [0.5, 0.6) is 0 Å². The third kappa shape index (κ3) is 4.25. The van der Waals surface area contributed by atoms with Crippen LogP contribution in [0.4, 0.5) is 5.95 Å². The van der Waals surface area contributed by atoms with Gasteiger partial charge in [-0.2, -0.15) is 5.10 Å². The van der Waals surface area contributed by atoms with Gasteiger partial charge in [-0.1, -0.05) is 13.8 Å². The fourth-order valence-electron chi connectivity index (χ4n) is 5.04. The highest BCUT2D eigenvalue weighted by Crippen LogP contribution is 2.45. The number of ether oxygens (including phenoxy) is 2. The smallest absolute Gasteiger partial charge is 0.241 e. The van der Waals surface area contributed by atoms with Crippen molar-refractivity contribution in [2.45, 2.75) is 64.1 Å². The van der Waals surface area contributed by atoms with Gasteiger partial charge in [0.25, 0.3) is 0 Å². The number of aromatic nitrogens is 5. The fourth-order valence-corrected chi connectivity index (χ4v) is 5.04. The molecule has 3 atom stereocenters. The van der Waals surface area contributed by atoms with Gasteiger partial charge < -0.3 is 19.9 Å². The molecule has 3 aromatic rings. The van der Waals surface area contributed by atoms with Crippen molar-refractivity contribution in [3.8, 4) is 11.1 Å². The molecule has 0 aromatic carbocycles. The molecule has 33 heavy (non-hydrogen) atoms. The Hall–Kier alpha value is -2.49. The van der Waals surface area contributed by atoms with Gasteiger partial charge in [-0.15, -0.1) is 5.10 Å². The maximum atomic E-state index is 10.5. The largest absolute Gasteiger partial charge is 0.393 e. The van der Waals surface area contributed by atoms with Gasteiger partial charge in [0, 0.05) is 42.1 Å². The highest BCUT2D eigenvalue weighted by atomic mass is 16.5. The zero-order chi connectivity index (χ0) is 23.2. The van der Waals surface area contributed by atoms with Crippen molar-refractivity contribution in [1.82, 2.24) is 24.4 Å². The Kier molecular flexibility index (Phi) is 5.88. The first-order valence-corrected chi connectivity index (χ1v) is 11.8. The highest BCUT2D eigenvalue weighted by molar-refractivity contribution is 5.81. The van der Waals surface area contributed by atoms with Crippen LogP contribution in [0.2, 0.25) is 0 Å². The summed E-state index contributed by atoms with van der Waals surface area (Å²) in [5.74, 6) is 0.881. The molecule has 0 spiro atoms. The average molecular weight is 455 g/mol. The molecule has 178 valence electrons. The summed E-state index contributed by atoms with van der Waals surface area (Å²) >= 11 is 0. The minimum atomic E-state index is -0.274. The first kappa shape index (κ1) is 22.3. The SMILES string of the molecule is COC[C@H](C)Nc1ncc2c(-c3cnn(C4COC4)c3)cc(C3CC[C@@H](O)C(C)(C)C3)n2n1. The van der Waals surface area contributed by atoms with E-state index in [2.05, 4.69) is 41.5 Å². The first-order valence-electron chi connectivity index (χ1n) is 11.8. The summed E-state index contributed by atoms with van der Waals surface area (Å²) in [5, 5.41) is 23.3. The fraction of sp³-hybridized carbons (Fsp3) is 0.625. The zero-order valence-electron chi connectivity index (χ0n) is 19.9. The third-order valence-corrected chi connectivity index (χ3v) is 7.13. The first-order chi connectivity index (χ1) is 15.9. The number of anilines is 1. The van der Waals surface area contributed by atoms with Gasteiger partial charge in [0.15, 0.2) is 0 Å². The van der Waals surface area contributed by atoms with Gasteiger partial charge in [-0.05, 0) is 37.7 Å². The maximum Gasteiger partial charge on any atom is 0.241 e. The molecule has 2 N–H and O–H groups in total. The Bertz CT molecular complexity index is 1120. The number of methoxy groups -OCH3 is 1. The number of hydrogen-bond donors (Lipinski definition) is 2. The van der Waals surface area contributed by atoms with Crippen LogP contribution in [0.15, 0.2) is 24.7 Å². The van der Waals surface area contributed by atoms with E-state index >= 15 is 0 Å². The normalized spacial score (nSPS) is 24.0. The van der Waals surface area contributed by atoms with Gasteiger partial charge >= 0.3 is 0 Å². The summed E-state index contributed by atoms with van der Waals surface area (Å²) in [6.07, 6.45) is 8.25. The van der Waals surface area contributed by atoms with Crippen LogP contribution in [-0.2, 0) is 9.47 Å². The molecular weight excluding hydrogens is 420 g/mol. The number of nitrogens with one attached hydrogen (secondary N) is 1. The Morgan fingerprint density at radius 3 is 2.82 bits per heavy atom. The number of aliphatic hydroxyl groups excluding tert-OH is 1. The van der Waals surface area contributed by atoms with Crippen molar-refractivity contribution < 1.29 is 14.6 Å². The number of fused-ring (bicyclic) bond motifs is 1. The van der Waals surface area contributed by atoms with E-state index < -0.39 is 0 Å². The Morgan fingerprint density at radius 1 is 1.30 bits per heavy atom. The quantitative estimate of drug-likeness (QED) is 0.565. The number of nitrogens with zero attached hydrogens (tertiary/aromatic N) is 5. The van der Waals surface area contributed by atoms with E-state index in [1.807, 2.05) is 28.5 Å². The standard InChI is InChI=1S/C24H34N6O3/c1-15(12-32-4)27-23-25-10-21-19(17-9-26-29(11-17)18-13-33-14-18)7-20(30(21)28-23)16-5-6-22(31)24(2,3)8-16/h7,9-11,15-16,18,22,31H,5-6,8,12-14H2,1-4H3,(H,27,28)/t15-,16?,22+/m0/s1. The maximum absolute atomic E-state index is 10.5. The van der Waals surface area contributed by atoms with E-state index in [4.69, 9.17) is 14.6 Å². The van der Waals surface area contributed by atoms with E-state index in [0.717, 1.165) is 41.6 Å². The molecule has 1 saturated carbocycles. The third-order valence-electron chi connectivity index (χ3n) is 7.13. The van der Waals surface area contributed by atoms with Crippen LogP contribution in [0.25, 0.3) is 16.6 Å². The lowest BCUT2D eigenvalue weighted by molar-refractivity contribution is -0.0286. The highest BCUT2D eigenvalue weighted by Gasteiger charge is 2.37. The monoisotopic (exact) mass is 454 g/mol. The van der Waals surface area contributed by atoms with E-state index in [9.17, 15) is 5.11 Å². The molecule has 1 saturated heterocycles. The zero-order valence-corrected chi connectivity index (χ0v) is 19.9. The molecule has 0 bridgehead atoms. The number of aliphatic hydroxyl groups is 1. The molecule has 5 rings (SSSR count). The molecule has 1 aliphatic heterocycles. The van der Waals surface area contributed by atoms with E-state index in [-0.39, 0.29) is 17.6 Å². The van der Waals surface area contributed by atoms with E-state index in [1.165, 1.54) is 0 Å². The predicted octanol–water partition coefficient (Wildman–Crippen LogP) is 3.27. The minimum absolute atomic E-state index is 0.0950. The number of rotatable bonds is 7. The molecule has 4 heterocycles. The lowest BCUT2D eigenvalue weighted by atomic mass is 9.69. The Balaban J connectivity index is 1.55. The lowest BCUT2D eigenvalue weighted by Gasteiger charge is -2.39. The summed E-state index contributed by atoms with van der Waals surface area (Å²) in [5.41, 5.74) is 4.12. The Morgan fingerprint density at radius 2 is 2.12 bits per heavy atom. The molecular formula is C24H34N6O3. The van der Waals surface area contributed by atoms with Crippen LogP contribution in [-0.4, -0.2) is 68.6 Å². The van der Waals surface area contributed by atoms with Crippen LogP contribution < -0.4 is 5.32 Å². The van der Waals surface area contributed by atoms with Crippen LogP contribution in [0.3, 0.4) is 0 Å². The molecule has 2 aliphatic rings. The minimum Gasteiger partial charge on any atom is -0.393 e. The second-order valence-corrected chi connectivity index (χ2v) is 10.2. The summed E-state index contributed by atoms with van der Waals surface area (Å²) in [6.45, 7) is 8.34. The van der Waals surface area contributed by atoms with Gasteiger partial charge in [0.05, 0.1) is 49.9 Å². The van der Waals surface area contributed by atoms with Gasteiger partial charge in [-0.25, -0.2) is 9.50 Å². The van der Waals surface area contributed by atoms with Gasteiger partial charge in [0.2, 0.25) is 5.95 Å². The van der Waals surface area contributed by atoms with Crippen molar-refractivity contribution in [2.75, 3.05) is 32.2 Å². The van der Waals surface area contributed by atoms with Crippen molar-refractivity contribution in [3.63, 3.8) is 0 Å². The Labute approximate surface area is 194 Å². The van der Waals surface area contributed by atoms with Crippen molar-refractivity contribution in [3.05, 3.63) is 30.4 Å². The second-order valence-electron chi connectivity index (χ2n) is 10.2. The second kappa shape index (κ2) is 8.70. The lowest BCUT2D eigenvalue weighted by Crippen LogP contribution is -2.36. The molecule has 0 radical (unpaired) electrons. The molecule has 1 unspecified atom stereocenters. The summed E-state index contributed by atoms with van der Waals surface area (Å²) in [6, 6.07) is 2.64. The van der Waals surface area contributed by atoms with Crippen molar-refractivity contribution in [1.29, 1.82) is 0 Å². The van der Waals surface area contributed by atoms with E-state index in [1.54, 1.807) is 7.11 Å². The summed E-state index contributed by atoms with van der Waals surface area (Å²) in [4.78, 5) is 4.60. The summed E-state index contributed by atoms with van der Waals surface area (Å²) < 4.78 is 14.6. The van der Waals surface area contributed by atoms with Crippen molar-refractivity contribution in [2.24, 2.45) is 5.41 Å². The topological polar surface area (TPSA) is 98.7 Å². The average Bonchev–Trinajstić information content (AvgIpc) is 3.33. The van der Waals surface area contributed by atoms with E-state index in [0.29, 0.717) is 37.7 Å². The van der Waals surface area contributed by atoms with Crippen molar-refractivity contribution >= 4 is 11.5 Å². The molecule has 9 nitrogen and oxygen atoms in total. The van der Waals surface area contributed by atoms with Crippen LogP contribution >= 0.6 is 0 Å². The summed E-state index contributed by atoms with van der Waals surface area (Å²) in [7, 11) is 1.69. The van der Waals surface area contributed by atoms with Crippen LogP contribution in [0, 0.1) is 5.41 Å². The molecule has 9 heteroatoms. The molecule has 3 aromatic heterocycles. The number of hydrogen-bond acceptors (Lipinski definition) is 7. The predicted molar refractivity (Wildman–Crippen MR) is 125 cm³/mol. The molecule has 2 fully saturated rings. The van der Waals surface area contributed by atoms with Crippen LogP contribution in [0.1, 0.15) is 57.7 Å². The van der Waals surface area contributed by atoms with Gasteiger partial charge in [0.1, 0.15) is 0 Å². The molecule has 1 aliphatic carbocycles. The molecule has 0 amide bonds. The van der Waals surface area contributed by atoms with Gasteiger partial charge in [-0.3, -0.25) is 4.68 Å².